The Balaban J connectivity index is 0.00000200. The highest BCUT2D eigenvalue weighted by Crippen LogP contribution is 2.27. The summed E-state index contributed by atoms with van der Waals surface area (Å²) in [7, 11) is 0. The van der Waals surface area contributed by atoms with E-state index in [0.29, 0.717) is 0 Å². The zero-order chi connectivity index (χ0) is 13.8. The Bertz CT molecular complexity index is 388. The van der Waals surface area contributed by atoms with Gasteiger partial charge in [-0.15, -0.1) is 12.4 Å². The van der Waals surface area contributed by atoms with E-state index in [1.165, 1.54) is 19.3 Å². The number of hydrogen-bond donors (Lipinski definition) is 2. The van der Waals surface area contributed by atoms with E-state index < -0.39 is 6.10 Å². The molecule has 2 rings (SSSR count). The van der Waals surface area contributed by atoms with Gasteiger partial charge in [-0.3, -0.25) is 4.90 Å². The summed E-state index contributed by atoms with van der Waals surface area (Å²) < 4.78 is 0. The number of rotatable bonds is 4. The maximum Gasteiger partial charge on any atom is 0.115 e. The van der Waals surface area contributed by atoms with Crippen molar-refractivity contribution >= 4 is 12.4 Å². The Labute approximate surface area is 128 Å². The number of hydrogen-bond acceptors (Lipinski definition) is 3. The third-order valence-electron chi connectivity index (χ3n) is 4.49. The molecule has 0 radical (unpaired) electrons. The molecule has 0 aromatic heterocycles. The maximum atomic E-state index is 10.4. The van der Waals surface area contributed by atoms with Crippen LogP contribution in [0.5, 0.6) is 5.75 Å². The Hall–Kier alpha value is -0.770. The predicted octanol–water partition coefficient (Wildman–Crippen LogP) is 3.36. The van der Waals surface area contributed by atoms with Crippen LogP contribution in [-0.4, -0.2) is 34.2 Å². The van der Waals surface area contributed by atoms with Crippen LogP contribution in [0.1, 0.15) is 44.8 Å². The van der Waals surface area contributed by atoms with Crippen LogP contribution < -0.4 is 0 Å². The fourth-order valence-electron chi connectivity index (χ4n) is 2.92. The van der Waals surface area contributed by atoms with Gasteiger partial charge in [-0.2, -0.15) is 0 Å². The number of benzene rings is 1. The van der Waals surface area contributed by atoms with Gasteiger partial charge in [0.15, 0.2) is 0 Å². The topological polar surface area (TPSA) is 43.7 Å². The van der Waals surface area contributed by atoms with E-state index in [2.05, 4.69) is 18.7 Å². The second-order valence-electron chi connectivity index (χ2n) is 5.66. The summed E-state index contributed by atoms with van der Waals surface area (Å²) in [5.74, 6) is 1.10. The molecule has 0 saturated carbocycles. The van der Waals surface area contributed by atoms with Crippen molar-refractivity contribution in [2.24, 2.45) is 5.92 Å². The maximum absolute atomic E-state index is 10.4. The van der Waals surface area contributed by atoms with Gasteiger partial charge in [-0.1, -0.05) is 25.5 Å². The SMILES string of the molecule is CCC1CCN(C(C)C(O)c2ccc(O)cc2)CC1.Cl. The minimum Gasteiger partial charge on any atom is -0.508 e. The first kappa shape index (κ1) is 17.3. The zero-order valence-corrected chi connectivity index (χ0v) is 13.1. The predicted molar refractivity (Wildman–Crippen MR) is 84.4 cm³/mol. The molecule has 1 fully saturated rings. The second kappa shape index (κ2) is 7.87. The Morgan fingerprint density at radius 1 is 1.20 bits per heavy atom. The molecule has 2 unspecified atom stereocenters. The summed E-state index contributed by atoms with van der Waals surface area (Å²) >= 11 is 0. The van der Waals surface area contributed by atoms with Crippen molar-refractivity contribution in [2.75, 3.05) is 13.1 Å². The lowest BCUT2D eigenvalue weighted by atomic mass is 9.92. The lowest BCUT2D eigenvalue weighted by molar-refractivity contribution is 0.0369. The van der Waals surface area contributed by atoms with Crippen molar-refractivity contribution in [2.45, 2.75) is 45.3 Å². The Morgan fingerprint density at radius 2 is 1.75 bits per heavy atom. The molecule has 4 heteroatoms. The first-order valence-corrected chi connectivity index (χ1v) is 7.33. The number of nitrogens with zero attached hydrogens (tertiary/aromatic N) is 1. The highest BCUT2D eigenvalue weighted by molar-refractivity contribution is 5.85. The van der Waals surface area contributed by atoms with E-state index in [1.54, 1.807) is 24.3 Å². The fraction of sp³-hybridized carbons (Fsp3) is 0.625. The summed E-state index contributed by atoms with van der Waals surface area (Å²) in [6.45, 7) is 6.50. The summed E-state index contributed by atoms with van der Waals surface area (Å²) in [5, 5.41) is 19.7. The quantitative estimate of drug-likeness (QED) is 0.896. The monoisotopic (exact) mass is 299 g/mol. The van der Waals surface area contributed by atoms with E-state index in [1.807, 2.05) is 0 Å². The molecule has 1 aromatic rings. The summed E-state index contributed by atoms with van der Waals surface area (Å²) in [4.78, 5) is 2.38. The minimum absolute atomic E-state index is 0. The first-order valence-electron chi connectivity index (χ1n) is 7.33. The smallest absolute Gasteiger partial charge is 0.115 e. The van der Waals surface area contributed by atoms with Crippen molar-refractivity contribution in [3.8, 4) is 5.75 Å². The largest absolute Gasteiger partial charge is 0.508 e. The second-order valence-corrected chi connectivity index (χ2v) is 5.66. The average Bonchev–Trinajstić information content (AvgIpc) is 2.46. The third-order valence-corrected chi connectivity index (χ3v) is 4.49. The van der Waals surface area contributed by atoms with Crippen LogP contribution in [0.15, 0.2) is 24.3 Å². The molecular formula is C16H26ClNO2. The van der Waals surface area contributed by atoms with Gasteiger partial charge < -0.3 is 10.2 Å². The molecule has 0 bridgehead atoms. The molecule has 1 aromatic carbocycles. The summed E-state index contributed by atoms with van der Waals surface area (Å²) in [6, 6.07) is 7.00. The van der Waals surface area contributed by atoms with E-state index in [0.717, 1.165) is 24.6 Å². The highest BCUT2D eigenvalue weighted by Gasteiger charge is 2.26. The lowest BCUT2D eigenvalue weighted by Crippen LogP contribution is -2.42. The molecule has 1 saturated heterocycles. The van der Waals surface area contributed by atoms with Crippen LogP contribution in [0.3, 0.4) is 0 Å². The zero-order valence-electron chi connectivity index (χ0n) is 12.3. The number of phenols is 1. The van der Waals surface area contributed by atoms with Crippen LogP contribution in [0.25, 0.3) is 0 Å². The van der Waals surface area contributed by atoms with Crippen LogP contribution >= 0.6 is 12.4 Å². The molecule has 114 valence electrons. The van der Waals surface area contributed by atoms with Crippen molar-refractivity contribution in [1.29, 1.82) is 0 Å². The van der Waals surface area contributed by atoms with Gasteiger partial charge in [0.1, 0.15) is 5.75 Å². The first-order chi connectivity index (χ1) is 9.11. The van der Waals surface area contributed by atoms with E-state index in [9.17, 15) is 10.2 Å². The van der Waals surface area contributed by atoms with Crippen molar-refractivity contribution in [1.82, 2.24) is 4.90 Å². The van der Waals surface area contributed by atoms with Crippen LogP contribution in [0.4, 0.5) is 0 Å². The number of aliphatic hydroxyl groups excluding tert-OH is 1. The molecule has 3 nitrogen and oxygen atoms in total. The molecule has 2 atom stereocenters. The van der Waals surface area contributed by atoms with Gasteiger partial charge in [0.2, 0.25) is 0 Å². The third kappa shape index (κ3) is 4.11. The molecule has 1 aliphatic heterocycles. The normalized spacial score (nSPS) is 20.1. The number of halogens is 1. The van der Waals surface area contributed by atoms with Gasteiger partial charge in [-0.25, -0.2) is 0 Å². The molecule has 2 N–H and O–H groups in total. The van der Waals surface area contributed by atoms with Crippen LogP contribution in [0.2, 0.25) is 0 Å². The molecule has 0 spiro atoms. The van der Waals surface area contributed by atoms with Gasteiger partial charge in [0.05, 0.1) is 6.10 Å². The number of likely N-dealkylation sites (tertiary alicyclic amines) is 1. The molecule has 1 heterocycles. The fourth-order valence-corrected chi connectivity index (χ4v) is 2.92. The van der Waals surface area contributed by atoms with E-state index in [4.69, 9.17) is 0 Å². The standard InChI is InChI=1S/C16H25NO2.ClH/c1-3-13-8-10-17(11-9-13)12(2)16(19)14-4-6-15(18)7-5-14;/h4-7,12-13,16,18-19H,3,8-11H2,1-2H3;1H. The van der Waals surface area contributed by atoms with Crippen molar-refractivity contribution in [3.63, 3.8) is 0 Å². The number of aromatic hydroxyl groups is 1. The molecule has 0 aliphatic carbocycles. The summed E-state index contributed by atoms with van der Waals surface area (Å²) in [6.07, 6.45) is 3.26. The molecule has 20 heavy (non-hydrogen) atoms. The molecule has 1 aliphatic rings. The van der Waals surface area contributed by atoms with E-state index >= 15 is 0 Å². The Kier molecular flexibility index (Phi) is 6.80. The molecule has 0 amide bonds. The van der Waals surface area contributed by atoms with Crippen molar-refractivity contribution < 1.29 is 10.2 Å². The van der Waals surface area contributed by atoms with Crippen LogP contribution in [-0.2, 0) is 0 Å². The van der Waals surface area contributed by atoms with Gasteiger partial charge in [-0.05, 0) is 56.5 Å². The number of phenolic OH excluding ortho intramolecular Hbond substituents is 1. The van der Waals surface area contributed by atoms with Crippen molar-refractivity contribution in [3.05, 3.63) is 29.8 Å². The van der Waals surface area contributed by atoms with E-state index in [-0.39, 0.29) is 24.2 Å². The Morgan fingerprint density at radius 3 is 2.25 bits per heavy atom. The van der Waals surface area contributed by atoms with Gasteiger partial charge in [0.25, 0.3) is 0 Å². The van der Waals surface area contributed by atoms with Crippen LogP contribution in [0, 0.1) is 5.92 Å². The average molecular weight is 300 g/mol. The summed E-state index contributed by atoms with van der Waals surface area (Å²) in [5.41, 5.74) is 0.878. The van der Waals surface area contributed by atoms with Gasteiger partial charge in [0, 0.05) is 6.04 Å². The van der Waals surface area contributed by atoms with Gasteiger partial charge >= 0.3 is 0 Å². The number of aliphatic hydroxyl groups is 1. The minimum atomic E-state index is -0.487. The molecular weight excluding hydrogens is 274 g/mol. The lowest BCUT2D eigenvalue weighted by Gasteiger charge is -2.37. The highest BCUT2D eigenvalue weighted by atomic mass is 35.5. The number of piperidine rings is 1.